The topological polar surface area (TPSA) is 82.1 Å². The van der Waals surface area contributed by atoms with E-state index in [1.807, 2.05) is 18.2 Å². The number of piperidine rings is 1. The third kappa shape index (κ3) is 5.76. The Bertz CT molecular complexity index is 817. The van der Waals surface area contributed by atoms with E-state index in [1.165, 1.54) is 6.92 Å². The van der Waals surface area contributed by atoms with Crippen LogP contribution in [0.2, 0.25) is 0 Å². The van der Waals surface area contributed by atoms with E-state index in [2.05, 4.69) is 0 Å². The zero-order chi connectivity index (χ0) is 22.8. The second kappa shape index (κ2) is 9.71. The van der Waals surface area contributed by atoms with E-state index in [1.54, 1.807) is 13.2 Å². The number of halogens is 3. The lowest BCUT2D eigenvalue weighted by Crippen LogP contribution is -2.60. The zero-order valence-electron chi connectivity index (χ0n) is 17.4. The van der Waals surface area contributed by atoms with Gasteiger partial charge in [0.1, 0.15) is 25.0 Å². The highest BCUT2D eigenvalue weighted by atomic mass is 35.6. The number of ether oxygens (including phenoxy) is 3. The monoisotopic (exact) mass is 494 g/mol. The maximum atomic E-state index is 13.0. The normalized spacial score (nSPS) is 30.8. The lowest BCUT2D eigenvalue weighted by molar-refractivity contribution is -1.07. The Morgan fingerprint density at radius 2 is 1.97 bits per heavy atom. The van der Waals surface area contributed by atoms with Gasteiger partial charge >= 0.3 is 12.1 Å². The van der Waals surface area contributed by atoms with E-state index in [0.717, 1.165) is 5.56 Å². The minimum absolute atomic E-state index is 0.0297. The van der Waals surface area contributed by atoms with Gasteiger partial charge in [-0.1, -0.05) is 51.6 Å². The van der Waals surface area contributed by atoms with Gasteiger partial charge in [0, 0.05) is 24.8 Å². The number of hydrogen-bond acceptors (Lipinski definition) is 6. The van der Waals surface area contributed by atoms with Crippen LogP contribution < -0.4 is 4.74 Å². The molecule has 1 aromatic rings. The Labute approximate surface area is 196 Å². The van der Waals surface area contributed by atoms with Crippen LogP contribution in [0.25, 0.3) is 0 Å². The summed E-state index contributed by atoms with van der Waals surface area (Å²) in [5.41, 5.74) is 0.758. The van der Waals surface area contributed by atoms with Crippen LogP contribution in [0, 0.1) is 11.8 Å². The minimum atomic E-state index is -1.78. The fourth-order valence-corrected chi connectivity index (χ4v) is 5.10. The third-order valence-corrected chi connectivity index (χ3v) is 6.47. The number of nitrogens with zero attached hydrogens (tertiary/aromatic N) is 1. The van der Waals surface area contributed by atoms with Crippen molar-refractivity contribution in [2.75, 3.05) is 20.3 Å². The van der Waals surface area contributed by atoms with Gasteiger partial charge in [-0.25, -0.2) is 5.21 Å². The van der Waals surface area contributed by atoms with Crippen molar-refractivity contribution in [2.45, 2.75) is 48.5 Å². The summed E-state index contributed by atoms with van der Waals surface area (Å²) >= 11 is 17.2. The number of fused-ring (bicyclic) bond motifs is 1. The summed E-state index contributed by atoms with van der Waals surface area (Å²) in [7, 11) is 1.56. The minimum Gasteiger partial charge on any atom is -0.497 e. The first-order valence-electron chi connectivity index (χ1n) is 10.2. The van der Waals surface area contributed by atoms with Crippen LogP contribution in [0.3, 0.4) is 0 Å². The highest BCUT2D eigenvalue weighted by Crippen LogP contribution is 2.50. The molecule has 1 heterocycles. The number of benzene rings is 1. The van der Waals surface area contributed by atoms with Gasteiger partial charge in [0.2, 0.25) is 3.79 Å². The Morgan fingerprint density at radius 3 is 2.61 bits per heavy atom. The molecule has 172 valence electrons. The molecule has 2 aliphatic rings. The fourth-order valence-electron chi connectivity index (χ4n) is 4.93. The number of carbonyl (C=O) groups excluding carboxylic acids is 2. The summed E-state index contributed by atoms with van der Waals surface area (Å²) < 4.78 is 13.3. The van der Waals surface area contributed by atoms with Crippen molar-refractivity contribution in [3.63, 3.8) is 0 Å². The second-order valence-corrected chi connectivity index (χ2v) is 10.7. The summed E-state index contributed by atoms with van der Waals surface area (Å²) in [6.07, 6.45) is 1.59. The van der Waals surface area contributed by atoms with E-state index in [0.29, 0.717) is 31.4 Å². The predicted octanol–water partition coefficient (Wildman–Crippen LogP) is 5.20. The molecular weight excluding hydrogens is 469 g/mol. The summed E-state index contributed by atoms with van der Waals surface area (Å²) in [5, 5.41) is 11.6. The van der Waals surface area contributed by atoms with Crippen LogP contribution >= 0.6 is 34.8 Å². The Morgan fingerprint density at radius 1 is 1.23 bits per heavy atom. The third-order valence-electron chi connectivity index (χ3n) is 6.14. The maximum Gasteiger partial charge on any atom is 0.550 e. The molecule has 0 aromatic heterocycles. The molecule has 10 heteroatoms. The molecule has 0 bridgehead atoms. The number of quaternary nitrogens is 1. The Hall–Kier alpha value is -1.25. The van der Waals surface area contributed by atoms with Gasteiger partial charge in [0.15, 0.2) is 6.04 Å². The first-order valence-corrected chi connectivity index (χ1v) is 11.3. The second-order valence-electron chi connectivity index (χ2n) is 8.20. The Kier molecular flexibility index (Phi) is 7.64. The molecule has 5 unspecified atom stereocenters. The standard InChI is InChI=1S/C21H27Cl3NO6/c1-13(26)31-17-6-7-18-14(10-17)8-9-25(28,20(27)30-12-21(22,23)24)19(18)15-4-3-5-16(11-15)29-2/h3-5,11,14,17-19,28H,6-10,12H2,1-2H3/q+1. The van der Waals surface area contributed by atoms with Crippen LogP contribution in [0.4, 0.5) is 4.79 Å². The highest BCUT2D eigenvalue weighted by molar-refractivity contribution is 6.67. The first kappa shape index (κ1) is 24.4. The molecule has 1 N–H and O–H groups in total. The van der Waals surface area contributed by atoms with E-state index in [-0.39, 0.29) is 30.5 Å². The van der Waals surface area contributed by atoms with E-state index in [4.69, 9.17) is 49.0 Å². The van der Waals surface area contributed by atoms with Gasteiger partial charge in [-0.15, -0.1) is 0 Å². The van der Waals surface area contributed by atoms with Crippen LogP contribution in [-0.4, -0.2) is 52.1 Å². The molecule has 7 nitrogen and oxygen atoms in total. The molecule has 1 saturated carbocycles. The van der Waals surface area contributed by atoms with Crippen LogP contribution in [0.15, 0.2) is 24.3 Å². The molecule has 2 fully saturated rings. The van der Waals surface area contributed by atoms with Crippen LogP contribution in [0.1, 0.15) is 44.2 Å². The van der Waals surface area contributed by atoms with Crippen LogP contribution in [0.5, 0.6) is 5.75 Å². The molecule has 1 aliphatic heterocycles. The van der Waals surface area contributed by atoms with Gasteiger partial charge in [0.25, 0.3) is 0 Å². The molecule has 0 spiro atoms. The van der Waals surface area contributed by atoms with Gasteiger partial charge < -0.3 is 14.2 Å². The molecule has 5 atom stereocenters. The summed E-state index contributed by atoms with van der Waals surface area (Å²) in [6, 6.07) is 6.71. The SMILES string of the molecule is COc1cccc(C2C3CCC(OC(C)=O)CC3CC[N+]2(O)C(=O)OCC(Cl)(Cl)Cl)c1. The average Bonchev–Trinajstić information content (AvgIpc) is 2.71. The Balaban J connectivity index is 1.92. The smallest absolute Gasteiger partial charge is 0.497 e. The van der Waals surface area contributed by atoms with Crippen molar-refractivity contribution in [1.29, 1.82) is 0 Å². The predicted molar refractivity (Wildman–Crippen MR) is 115 cm³/mol. The lowest BCUT2D eigenvalue weighted by Gasteiger charge is -2.48. The number of likely N-dealkylation sites (tertiary alicyclic amines) is 1. The molecule has 0 radical (unpaired) electrons. The average molecular weight is 496 g/mol. The van der Waals surface area contributed by atoms with Crippen molar-refractivity contribution in [3.05, 3.63) is 29.8 Å². The number of hydrogen-bond donors (Lipinski definition) is 1. The summed E-state index contributed by atoms with van der Waals surface area (Å²) in [6.45, 7) is 1.07. The summed E-state index contributed by atoms with van der Waals surface area (Å²) in [5.74, 6) is 0.465. The van der Waals surface area contributed by atoms with E-state index in [9.17, 15) is 14.8 Å². The molecular formula is C21H27Cl3NO6+. The van der Waals surface area contributed by atoms with Crippen LogP contribution in [-0.2, 0) is 14.3 Å². The molecule has 1 saturated heterocycles. The van der Waals surface area contributed by atoms with Gasteiger partial charge in [-0.05, 0) is 37.3 Å². The maximum absolute atomic E-state index is 13.0. The number of rotatable bonds is 4. The van der Waals surface area contributed by atoms with Crippen molar-refractivity contribution in [3.8, 4) is 5.75 Å². The van der Waals surface area contributed by atoms with Crippen molar-refractivity contribution in [1.82, 2.24) is 0 Å². The van der Waals surface area contributed by atoms with Crippen molar-refractivity contribution in [2.24, 2.45) is 11.8 Å². The largest absolute Gasteiger partial charge is 0.550 e. The molecule has 1 aromatic carbocycles. The quantitative estimate of drug-likeness (QED) is 0.267. The van der Waals surface area contributed by atoms with E-state index < -0.39 is 27.2 Å². The zero-order valence-corrected chi connectivity index (χ0v) is 19.7. The van der Waals surface area contributed by atoms with E-state index >= 15 is 0 Å². The molecule has 1 amide bonds. The number of amides is 1. The molecule has 3 rings (SSSR count). The van der Waals surface area contributed by atoms with Gasteiger partial charge in [0.05, 0.1) is 7.11 Å². The number of carbonyl (C=O) groups is 2. The van der Waals surface area contributed by atoms with Gasteiger partial charge in [-0.3, -0.25) is 4.79 Å². The number of esters is 1. The number of methoxy groups -OCH3 is 1. The molecule has 31 heavy (non-hydrogen) atoms. The van der Waals surface area contributed by atoms with Crippen molar-refractivity contribution >= 4 is 46.9 Å². The number of hydroxylamine groups is 3. The van der Waals surface area contributed by atoms with Crippen molar-refractivity contribution < 1.29 is 33.7 Å². The summed E-state index contributed by atoms with van der Waals surface area (Å²) in [4.78, 5) is 24.4. The number of alkyl halides is 3. The van der Waals surface area contributed by atoms with Gasteiger partial charge in [-0.2, -0.15) is 4.79 Å². The fraction of sp³-hybridized carbons (Fsp3) is 0.619. The first-order chi connectivity index (χ1) is 14.5. The lowest BCUT2D eigenvalue weighted by atomic mass is 9.68. The molecule has 1 aliphatic carbocycles. The highest BCUT2D eigenvalue weighted by Gasteiger charge is 2.57.